The van der Waals surface area contributed by atoms with Crippen LogP contribution in [-0.2, 0) is 11.2 Å². The third kappa shape index (κ3) is 4.17. The number of aryl methyl sites for hydroxylation is 2. The molecule has 0 fully saturated rings. The fourth-order valence-corrected chi connectivity index (χ4v) is 1.98. The maximum absolute atomic E-state index is 11.9. The standard InChI is InChI=1S/C15H17N3O3/c1-10-9-13(18-17-10)14(19)16-12(15(20)21)8-7-11-5-3-2-4-6-11/h2-6,9,12H,7-8H2,1H3,(H,16,19)(H,17,18)(H,20,21)/t12-/m0/s1. The molecule has 0 aliphatic rings. The molecule has 2 aromatic rings. The van der Waals surface area contributed by atoms with Gasteiger partial charge in [-0.1, -0.05) is 30.3 Å². The smallest absolute Gasteiger partial charge is 0.326 e. The summed E-state index contributed by atoms with van der Waals surface area (Å²) in [5.41, 5.74) is 1.98. The second-order valence-corrected chi connectivity index (χ2v) is 4.82. The maximum Gasteiger partial charge on any atom is 0.326 e. The van der Waals surface area contributed by atoms with Crippen molar-refractivity contribution < 1.29 is 14.7 Å². The van der Waals surface area contributed by atoms with E-state index in [0.717, 1.165) is 11.3 Å². The lowest BCUT2D eigenvalue weighted by molar-refractivity contribution is -0.139. The van der Waals surface area contributed by atoms with Gasteiger partial charge in [0, 0.05) is 5.69 Å². The topological polar surface area (TPSA) is 95.1 Å². The molecular weight excluding hydrogens is 270 g/mol. The third-order valence-electron chi connectivity index (χ3n) is 3.11. The van der Waals surface area contributed by atoms with Gasteiger partial charge in [0.25, 0.3) is 5.91 Å². The van der Waals surface area contributed by atoms with E-state index in [-0.39, 0.29) is 5.69 Å². The SMILES string of the molecule is Cc1cc(C(=O)N[C@@H](CCc2ccccc2)C(=O)O)n[nH]1. The van der Waals surface area contributed by atoms with Crippen LogP contribution in [0.25, 0.3) is 0 Å². The van der Waals surface area contributed by atoms with E-state index in [2.05, 4.69) is 15.5 Å². The molecule has 110 valence electrons. The number of benzene rings is 1. The molecule has 6 nitrogen and oxygen atoms in total. The molecule has 0 spiro atoms. The third-order valence-corrected chi connectivity index (χ3v) is 3.11. The van der Waals surface area contributed by atoms with E-state index in [4.69, 9.17) is 0 Å². The van der Waals surface area contributed by atoms with Crippen molar-refractivity contribution >= 4 is 11.9 Å². The molecule has 0 bridgehead atoms. The summed E-state index contributed by atoms with van der Waals surface area (Å²) in [5, 5.41) is 18.2. The lowest BCUT2D eigenvalue weighted by atomic mass is 10.1. The number of rotatable bonds is 6. The second kappa shape index (κ2) is 6.69. The summed E-state index contributed by atoms with van der Waals surface area (Å²) in [4.78, 5) is 23.2. The number of carbonyl (C=O) groups is 2. The van der Waals surface area contributed by atoms with Crippen LogP contribution in [0, 0.1) is 6.92 Å². The normalized spacial score (nSPS) is 11.9. The Morgan fingerprint density at radius 2 is 2.05 bits per heavy atom. The quantitative estimate of drug-likeness (QED) is 0.751. The number of hydrogen-bond donors (Lipinski definition) is 3. The number of nitrogens with one attached hydrogen (secondary N) is 2. The number of aromatic amines is 1. The van der Waals surface area contributed by atoms with Crippen molar-refractivity contribution in [3.63, 3.8) is 0 Å². The zero-order chi connectivity index (χ0) is 15.2. The number of H-pyrrole nitrogens is 1. The molecule has 1 atom stereocenters. The minimum atomic E-state index is -1.05. The van der Waals surface area contributed by atoms with Crippen molar-refractivity contribution in [1.82, 2.24) is 15.5 Å². The number of hydrogen-bond acceptors (Lipinski definition) is 3. The molecule has 0 aliphatic heterocycles. The van der Waals surface area contributed by atoms with Gasteiger partial charge in [-0.05, 0) is 31.4 Å². The first kappa shape index (κ1) is 14.8. The molecular formula is C15H17N3O3. The molecule has 2 rings (SSSR count). The molecule has 0 saturated heterocycles. The number of carboxylic acids is 1. The monoisotopic (exact) mass is 287 g/mol. The Bertz CT molecular complexity index is 622. The van der Waals surface area contributed by atoms with Crippen LogP contribution in [0.2, 0.25) is 0 Å². The van der Waals surface area contributed by atoms with Gasteiger partial charge >= 0.3 is 5.97 Å². The van der Waals surface area contributed by atoms with Crippen molar-refractivity contribution in [2.45, 2.75) is 25.8 Å². The molecule has 0 aliphatic carbocycles. The first-order valence-electron chi connectivity index (χ1n) is 6.66. The number of nitrogens with zero attached hydrogens (tertiary/aromatic N) is 1. The predicted molar refractivity (Wildman–Crippen MR) is 77.0 cm³/mol. The van der Waals surface area contributed by atoms with Gasteiger partial charge in [-0.15, -0.1) is 0 Å². The molecule has 3 N–H and O–H groups in total. The zero-order valence-electron chi connectivity index (χ0n) is 11.7. The van der Waals surface area contributed by atoms with Crippen LogP contribution in [0.5, 0.6) is 0 Å². The Morgan fingerprint density at radius 1 is 1.33 bits per heavy atom. The van der Waals surface area contributed by atoms with E-state index in [0.29, 0.717) is 12.8 Å². The average Bonchev–Trinajstić information content (AvgIpc) is 2.90. The highest BCUT2D eigenvalue weighted by Crippen LogP contribution is 2.06. The maximum atomic E-state index is 11.9. The van der Waals surface area contributed by atoms with Gasteiger partial charge in [-0.3, -0.25) is 9.89 Å². The summed E-state index contributed by atoms with van der Waals surface area (Å²) in [7, 11) is 0. The highest BCUT2D eigenvalue weighted by Gasteiger charge is 2.21. The highest BCUT2D eigenvalue weighted by atomic mass is 16.4. The van der Waals surface area contributed by atoms with E-state index >= 15 is 0 Å². The lowest BCUT2D eigenvalue weighted by Crippen LogP contribution is -2.41. The van der Waals surface area contributed by atoms with Crippen LogP contribution < -0.4 is 5.32 Å². The molecule has 21 heavy (non-hydrogen) atoms. The number of aliphatic carboxylic acids is 1. The fourth-order valence-electron chi connectivity index (χ4n) is 1.98. The van der Waals surface area contributed by atoms with Gasteiger partial charge in [0.2, 0.25) is 0 Å². The lowest BCUT2D eigenvalue weighted by Gasteiger charge is -2.13. The van der Waals surface area contributed by atoms with Crippen LogP contribution in [0.4, 0.5) is 0 Å². The minimum Gasteiger partial charge on any atom is -0.480 e. The Labute approximate surface area is 122 Å². The van der Waals surface area contributed by atoms with Gasteiger partial charge in [-0.2, -0.15) is 5.10 Å². The molecule has 6 heteroatoms. The van der Waals surface area contributed by atoms with Crippen molar-refractivity contribution in [2.75, 3.05) is 0 Å². The second-order valence-electron chi connectivity index (χ2n) is 4.82. The predicted octanol–water partition coefficient (Wildman–Crippen LogP) is 1.53. The molecule has 0 radical (unpaired) electrons. The van der Waals surface area contributed by atoms with Gasteiger partial charge < -0.3 is 10.4 Å². The number of aromatic nitrogens is 2. The van der Waals surface area contributed by atoms with Gasteiger partial charge in [-0.25, -0.2) is 4.79 Å². The molecule has 1 heterocycles. The summed E-state index contributed by atoms with van der Waals surface area (Å²) in [6.07, 6.45) is 0.909. The first-order valence-corrected chi connectivity index (χ1v) is 6.66. The zero-order valence-corrected chi connectivity index (χ0v) is 11.7. The number of amides is 1. The van der Waals surface area contributed by atoms with Crippen LogP contribution in [-0.4, -0.2) is 33.2 Å². The van der Waals surface area contributed by atoms with Gasteiger partial charge in [0.15, 0.2) is 0 Å². The molecule has 0 saturated carbocycles. The van der Waals surface area contributed by atoms with Crippen molar-refractivity contribution in [1.29, 1.82) is 0 Å². The fraction of sp³-hybridized carbons (Fsp3) is 0.267. The van der Waals surface area contributed by atoms with E-state index in [9.17, 15) is 14.7 Å². The number of carboxylic acid groups (broad SMARTS) is 1. The van der Waals surface area contributed by atoms with Gasteiger partial charge in [0.1, 0.15) is 11.7 Å². The van der Waals surface area contributed by atoms with Crippen molar-refractivity contribution in [2.24, 2.45) is 0 Å². The first-order chi connectivity index (χ1) is 10.1. The Balaban J connectivity index is 1.96. The Kier molecular flexibility index (Phi) is 4.71. The summed E-state index contributed by atoms with van der Waals surface area (Å²) < 4.78 is 0. The van der Waals surface area contributed by atoms with Crippen molar-refractivity contribution in [3.05, 3.63) is 53.3 Å². The molecule has 1 aromatic carbocycles. The van der Waals surface area contributed by atoms with Gasteiger partial charge in [0.05, 0.1) is 0 Å². The summed E-state index contributed by atoms with van der Waals surface area (Å²) in [6, 6.07) is 10.2. The minimum absolute atomic E-state index is 0.193. The Morgan fingerprint density at radius 3 is 2.62 bits per heavy atom. The van der Waals surface area contributed by atoms with Crippen LogP contribution in [0.1, 0.15) is 28.2 Å². The van der Waals surface area contributed by atoms with E-state index in [1.807, 2.05) is 30.3 Å². The van der Waals surface area contributed by atoms with Crippen LogP contribution in [0.15, 0.2) is 36.4 Å². The molecule has 1 amide bonds. The average molecular weight is 287 g/mol. The summed E-state index contributed by atoms with van der Waals surface area (Å²) >= 11 is 0. The molecule has 1 aromatic heterocycles. The highest BCUT2D eigenvalue weighted by molar-refractivity contribution is 5.95. The van der Waals surface area contributed by atoms with E-state index in [1.54, 1.807) is 13.0 Å². The van der Waals surface area contributed by atoms with Crippen molar-refractivity contribution in [3.8, 4) is 0 Å². The Hall–Kier alpha value is -2.63. The largest absolute Gasteiger partial charge is 0.480 e. The number of carbonyl (C=O) groups excluding carboxylic acids is 1. The summed E-state index contributed by atoms with van der Waals surface area (Å²) in [6.45, 7) is 1.77. The summed E-state index contributed by atoms with van der Waals surface area (Å²) in [5.74, 6) is -1.54. The van der Waals surface area contributed by atoms with Crippen LogP contribution >= 0.6 is 0 Å². The van der Waals surface area contributed by atoms with Crippen LogP contribution in [0.3, 0.4) is 0 Å². The molecule has 0 unspecified atom stereocenters. The van der Waals surface area contributed by atoms with E-state index < -0.39 is 17.9 Å². The van der Waals surface area contributed by atoms with E-state index in [1.165, 1.54) is 0 Å².